The topological polar surface area (TPSA) is 157 Å². The van der Waals surface area contributed by atoms with Crippen LogP contribution >= 0.6 is 0 Å². The van der Waals surface area contributed by atoms with Crippen LogP contribution in [0.3, 0.4) is 0 Å². The van der Waals surface area contributed by atoms with E-state index in [2.05, 4.69) is 4.74 Å². The third kappa shape index (κ3) is 4.94. The van der Waals surface area contributed by atoms with Gasteiger partial charge in [0.05, 0.1) is 13.7 Å². The van der Waals surface area contributed by atoms with Crippen LogP contribution in [0.25, 0.3) is 0 Å². The smallest absolute Gasteiger partial charge is 0.325 e. The molecule has 0 spiro atoms. The second-order valence-corrected chi connectivity index (χ2v) is 3.47. The number of hydrogen-bond donors (Lipinski definition) is 6. The van der Waals surface area contributed by atoms with Crippen LogP contribution in [-0.4, -0.2) is 82.1 Å². The van der Waals surface area contributed by atoms with Crippen LogP contribution < -0.4 is 5.32 Å². The van der Waals surface area contributed by atoms with Crippen LogP contribution in [0.15, 0.2) is 0 Å². The fraction of sp³-hybridized carbons (Fsp3) is 0.778. The first-order chi connectivity index (χ1) is 8.34. The molecule has 0 aliphatic rings. The highest BCUT2D eigenvalue weighted by Gasteiger charge is 2.34. The Hall–Kier alpha value is -1.26. The normalized spacial score (nSPS) is 17.4. The third-order valence-electron chi connectivity index (χ3n) is 2.16. The molecule has 6 N–H and O–H groups in total. The van der Waals surface area contributed by atoms with Gasteiger partial charge in [0, 0.05) is 0 Å². The molecule has 0 saturated carbocycles. The van der Waals surface area contributed by atoms with E-state index in [0.29, 0.717) is 0 Å². The largest absolute Gasteiger partial charge is 0.468 e. The van der Waals surface area contributed by atoms with Crippen LogP contribution in [0.1, 0.15) is 0 Å². The number of rotatable bonds is 7. The highest BCUT2D eigenvalue weighted by atomic mass is 16.5. The summed E-state index contributed by atoms with van der Waals surface area (Å²) >= 11 is 0. The summed E-state index contributed by atoms with van der Waals surface area (Å²) in [7, 11) is 1.10. The maximum Gasteiger partial charge on any atom is 0.325 e. The zero-order valence-corrected chi connectivity index (χ0v) is 9.68. The first kappa shape index (κ1) is 16.7. The molecule has 0 unspecified atom stereocenters. The number of nitrogens with one attached hydrogen (secondary N) is 1. The molecule has 0 radical (unpaired) electrons. The van der Waals surface area contributed by atoms with Gasteiger partial charge in [-0.05, 0) is 0 Å². The highest BCUT2D eigenvalue weighted by molar-refractivity contribution is 5.85. The van der Waals surface area contributed by atoms with Gasteiger partial charge in [0.25, 0.3) is 5.91 Å². The molecular formula is C9H17NO8. The molecule has 0 aliphatic heterocycles. The maximum absolute atomic E-state index is 11.2. The Balaban J connectivity index is 4.31. The minimum Gasteiger partial charge on any atom is -0.468 e. The lowest BCUT2D eigenvalue weighted by atomic mass is 10.0. The van der Waals surface area contributed by atoms with Gasteiger partial charge in [0.15, 0.2) is 6.10 Å². The number of amides is 1. The molecule has 0 heterocycles. The quantitative estimate of drug-likeness (QED) is 0.253. The second-order valence-electron chi connectivity index (χ2n) is 3.47. The molecular weight excluding hydrogens is 250 g/mol. The van der Waals surface area contributed by atoms with E-state index in [4.69, 9.17) is 10.2 Å². The summed E-state index contributed by atoms with van der Waals surface area (Å²) < 4.78 is 4.22. The van der Waals surface area contributed by atoms with Gasteiger partial charge >= 0.3 is 5.97 Å². The number of carbonyl (C=O) groups excluding carboxylic acids is 2. The van der Waals surface area contributed by atoms with Gasteiger partial charge in [0.1, 0.15) is 24.9 Å². The van der Waals surface area contributed by atoms with Crippen LogP contribution in [0, 0.1) is 0 Å². The number of esters is 1. The highest BCUT2D eigenvalue weighted by Crippen LogP contribution is 2.05. The number of hydrogen-bond acceptors (Lipinski definition) is 8. The summed E-state index contributed by atoms with van der Waals surface area (Å²) in [5.74, 6) is -1.89. The molecule has 0 aromatic rings. The third-order valence-corrected chi connectivity index (χ3v) is 2.16. The molecule has 106 valence electrons. The van der Waals surface area contributed by atoms with Crippen LogP contribution in [0.4, 0.5) is 0 Å². The van der Waals surface area contributed by atoms with Crippen molar-refractivity contribution in [2.75, 3.05) is 20.3 Å². The van der Waals surface area contributed by atoms with Crippen molar-refractivity contribution >= 4 is 11.9 Å². The van der Waals surface area contributed by atoms with Crippen molar-refractivity contribution in [3.8, 4) is 0 Å². The summed E-state index contributed by atoms with van der Waals surface area (Å²) in [6.45, 7) is -1.37. The summed E-state index contributed by atoms with van der Waals surface area (Å²) in [6.07, 6.45) is -7.69. The Morgan fingerprint density at radius 1 is 1.17 bits per heavy atom. The summed E-state index contributed by atoms with van der Waals surface area (Å²) in [5, 5.41) is 47.4. The Kier molecular flexibility index (Phi) is 7.39. The standard InChI is InChI=1S/C9H17NO8/c1-18-5(13)2-10-9(17)8(16)7(15)6(14)4(12)3-11/h4,6-8,11-12,14-16H,2-3H2,1H3,(H,10,17)/t4-,6-,7+,8-/m1/s1. The number of carbonyl (C=O) groups is 2. The zero-order valence-electron chi connectivity index (χ0n) is 9.68. The number of aliphatic hydroxyl groups is 5. The van der Waals surface area contributed by atoms with Crippen molar-refractivity contribution in [3.63, 3.8) is 0 Å². The van der Waals surface area contributed by atoms with Crippen molar-refractivity contribution in [1.29, 1.82) is 0 Å². The molecule has 0 bridgehead atoms. The lowest BCUT2D eigenvalue weighted by Gasteiger charge is -2.24. The van der Waals surface area contributed by atoms with Crippen LogP contribution in [0.5, 0.6) is 0 Å². The van der Waals surface area contributed by atoms with Gasteiger partial charge in [-0.15, -0.1) is 0 Å². The zero-order chi connectivity index (χ0) is 14.3. The van der Waals surface area contributed by atoms with Crippen molar-refractivity contribution < 1.29 is 39.9 Å². The van der Waals surface area contributed by atoms with Gasteiger partial charge in [0.2, 0.25) is 0 Å². The van der Waals surface area contributed by atoms with Gasteiger partial charge in [-0.25, -0.2) is 0 Å². The lowest BCUT2D eigenvalue weighted by molar-refractivity contribution is -0.151. The molecule has 9 heteroatoms. The monoisotopic (exact) mass is 267 g/mol. The van der Waals surface area contributed by atoms with Gasteiger partial charge in [-0.2, -0.15) is 0 Å². The fourth-order valence-corrected chi connectivity index (χ4v) is 1.01. The molecule has 0 aromatic heterocycles. The fourth-order valence-electron chi connectivity index (χ4n) is 1.01. The van der Waals surface area contributed by atoms with E-state index in [1.807, 2.05) is 5.32 Å². The molecule has 4 atom stereocenters. The average molecular weight is 267 g/mol. The van der Waals surface area contributed by atoms with Crippen molar-refractivity contribution in [2.24, 2.45) is 0 Å². The molecule has 0 rings (SSSR count). The Morgan fingerprint density at radius 2 is 1.72 bits per heavy atom. The van der Waals surface area contributed by atoms with Crippen molar-refractivity contribution in [2.45, 2.75) is 24.4 Å². The molecule has 18 heavy (non-hydrogen) atoms. The van der Waals surface area contributed by atoms with Crippen LogP contribution in [0.2, 0.25) is 0 Å². The van der Waals surface area contributed by atoms with Crippen molar-refractivity contribution in [1.82, 2.24) is 5.32 Å². The number of methoxy groups -OCH3 is 1. The van der Waals surface area contributed by atoms with Gasteiger partial charge in [-0.1, -0.05) is 0 Å². The van der Waals surface area contributed by atoms with E-state index in [9.17, 15) is 24.9 Å². The second kappa shape index (κ2) is 7.95. The van der Waals surface area contributed by atoms with E-state index in [0.717, 1.165) is 7.11 Å². The predicted octanol–water partition coefficient (Wildman–Crippen LogP) is -4.29. The Labute approximate surface area is 103 Å². The average Bonchev–Trinajstić information content (AvgIpc) is 2.40. The van der Waals surface area contributed by atoms with Crippen LogP contribution in [-0.2, 0) is 14.3 Å². The number of aliphatic hydroxyl groups excluding tert-OH is 5. The van der Waals surface area contributed by atoms with E-state index in [1.165, 1.54) is 0 Å². The SMILES string of the molecule is COC(=O)CNC(=O)[C@H](O)[C@@H](O)[C@H](O)[C@H](O)CO. The van der Waals surface area contributed by atoms with Crippen molar-refractivity contribution in [3.05, 3.63) is 0 Å². The molecule has 9 nitrogen and oxygen atoms in total. The Morgan fingerprint density at radius 3 is 2.17 bits per heavy atom. The van der Waals surface area contributed by atoms with E-state index < -0.39 is 49.4 Å². The maximum atomic E-state index is 11.2. The van der Waals surface area contributed by atoms with E-state index in [-0.39, 0.29) is 0 Å². The lowest BCUT2D eigenvalue weighted by Crippen LogP contribution is -2.52. The molecule has 0 saturated heterocycles. The van der Waals surface area contributed by atoms with Gasteiger partial charge < -0.3 is 35.6 Å². The first-order valence-corrected chi connectivity index (χ1v) is 5.02. The summed E-state index contributed by atoms with van der Waals surface area (Å²) in [4.78, 5) is 21.9. The molecule has 0 fully saturated rings. The minimum absolute atomic E-state index is 0.516. The minimum atomic E-state index is -2.06. The molecule has 0 aromatic carbocycles. The van der Waals surface area contributed by atoms with E-state index >= 15 is 0 Å². The Bertz CT molecular complexity index is 284. The number of ether oxygens (including phenoxy) is 1. The molecule has 1 amide bonds. The van der Waals surface area contributed by atoms with Gasteiger partial charge in [-0.3, -0.25) is 9.59 Å². The predicted molar refractivity (Wildman–Crippen MR) is 56.1 cm³/mol. The van der Waals surface area contributed by atoms with E-state index in [1.54, 1.807) is 0 Å². The first-order valence-electron chi connectivity index (χ1n) is 5.02. The molecule has 0 aliphatic carbocycles. The summed E-state index contributed by atoms with van der Waals surface area (Å²) in [6, 6.07) is 0. The summed E-state index contributed by atoms with van der Waals surface area (Å²) in [5.41, 5.74) is 0.